The van der Waals surface area contributed by atoms with Gasteiger partial charge in [-0.15, -0.1) is 0 Å². The number of carboxylic acid groups (broad SMARTS) is 1. The molecular weight excluding hydrogens is 284 g/mol. The van der Waals surface area contributed by atoms with Gasteiger partial charge in [-0.3, -0.25) is 0 Å². The number of rotatable bonds is 5. The zero-order valence-corrected chi connectivity index (χ0v) is 12.3. The molecule has 0 atom stereocenters. The van der Waals surface area contributed by atoms with Crippen molar-refractivity contribution in [1.29, 1.82) is 0 Å². The smallest absolute Gasteiger partial charge is 0.352 e. The Morgan fingerprint density at radius 2 is 2.12 bits per heavy atom. The molecule has 0 aromatic carbocycles. The Labute approximate surface area is 110 Å². The average molecular weight is 303 g/mol. The van der Waals surface area contributed by atoms with E-state index in [-0.39, 0.29) is 5.41 Å². The van der Waals surface area contributed by atoms with Gasteiger partial charge in [-0.2, -0.15) is 0 Å². The lowest BCUT2D eigenvalue weighted by Gasteiger charge is -2.29. The van der Waals surface area contributed by atoms with Gasteiger partial charge >= 0.3 is 5.97 Å². The van der Waals surface area contributed by atoms with Crippen LogP contribution in [0.4, 0.5) is 0 Å². The zero-order chi connectivity index (χ0) is 13.2. The third-order valence-corrected chi connectivity index (χ3v) is 2.86. The summed E-state index contributed by atoms with van der Waals surface area (Å²) in [6.07, 6.45) is 1.82. The van der Waals surface area contributed by atoms with Crippen molar-refractivity contribution in [2.24, 2.45) is 5.41 Å². The van der Waals surface area contributed by atoms with Gasteiger partial charge in [0.2, 0.25) is 0 Å². The fraction of sp³-hybridized carbons (Fsp3) is 0.583. The number of aromatic carboxylic acids is 1. The third kappa shape index (κ3) is 4.16. The van der Waals surface area contributed by atoms with E-state index < -0.39 is 5.97 Å². The highest BCUT2D eigenvalue weighted by molar-refractivity contribution is 9.10. The van der Waals surface area contributed by atoms with Gasteiger partial charge < -0.3 is 14.6 Å². The molecule has 1 heterocycles. The summed E-state index contributed by atoms with van der Waals surface area (Å²) in [5.41, 5.74) is 0.343. The fourth-order valence-corrected chi connectivity index (χ4v) is 2.62. The van der Waals surface area contributed by atoms with E-state index in [1.165, 1.54) is 0 Å². The summed E-state index contributed by atoms with van der Waals surface area (Å²) in [5.74, 6) is -0.892. The van der Waals surface area contributed by atoms with E-state index in [4.69, 9.17) is 5.11 Å². The molecule has 0 saturated heterocycles. The molecule has 1 N–H and O–H groups in total. The van der Waals surface area contributed by atoms with Crippen LogP contribution in [-0.4, -0.2) is 41.2 Å². The Bertz CT molecular complexity index is 411. The first-order valence-electron chi connectivity index (χ1n) is 5.45. The lowest BCUT2D eigenvalue weighted by Crippen LogP contribution is -2.32. The summed E-state index contributed by atoms with van der Waals surface area (Å²) >= 11 is 3.32. The van der Waals surface area contributed by atoms with Gasteiger partial charge in [-0.05, 0) is 41.5 Å². The number of nitrogens with zero attached hydrogens (tertiary/aromatic N) is 2. The first kappa shape index (κ1) is 14.3. The minimum atomic E-state index is -0.892. The molecular formula is C12H19BrN2O2. The van der Waals surface area contributed by atoms with Crippen molar-refractivity contribution in [3.63, 3.8) is 0 Å². The highest BCUT2D eigenvalue weighted by Gasteiger charge is 2.22. The van der Waals surface area contributed by atoms with E-state index in [9.17, 15) is 4.79 Å². The maximum Gasteiger partial charge on any atom is 0.352 e. The number of halogens is 1. The molecule has 0 saturated carbocycles. The second-order valence-electron chi connectivity index (χ2n) is 5.38. The molecule has 96 valence electrons. The van der Waals surface area contributed by atoms with E-state index in [1.54, 1.807) is 10.6 Å². The first-order valence-corrected chi connectivity index (χ1v) is 6.24. The van der Waals surface area contributed by atoms with Gasteiger partial charge in [0.25, 0.3) is 0 Å². The Morgan fingerprint density at radius 3 is 2.59 bits per heavy atom. The highest BCUT2D eigenvalue weighted by Crippen LogP contribution is 2.23. The molecule has 0 fully saturated rings. The molecule has 0 aliphatic rings. The quantitative estimate of drug-likeness (QED) is 0.909. The van der Waals surface area contributed by atoms with Crippen LogP contribution in [-0.2, 0) is 6.54 Å². The molecule has 0 amide bonds. The summed E-state index contributed by atoms with van der Waals surface area (Å²) in [6.45, 7) is 5.85. The Morgan fingerprint density at radius 1 is 1.53 bits per heavy atom. The number of carbonyl (C=O) groups is 1. The molecule has 1 aromatic rings. The van der Waals surface area contributed by atoms with Crippen molar-refractivity contribution in [2.45, 2.75) is 20.4 Å². The summed E-state index contributed by atoms with van der Waals surface area (Å²) in [5, 5.41) is 9.11. The molecule has 0 bridgehead atoms. The summed E-state index contributed by atoms with van der Waals surface area (Å²) in [4.78, 5) is 13.2. The maximum absolute atomic E-state index is 11.1. The van der Waals surface area contributed by atoms with Gasteiger partial charge in [-0.1, -0.05) is 13.8 Å². The van der Waals surface area contributed by atoms with E-state index in [0.29, 0.717) is 12.2 Å². The van der Waals surface area contributed by atoms with Crippen LogP contribution in [0, 0.1) is 5.41 Å². The van der Waals surface area contributed by atoms with Crippen LogP contribution in [0.2, 0.25) is 0 Å². The second-order valence-corrected chi connectivity index (χ2v) is 6.29. The van der Waals surface area contributed by atoms with Gasteiger partial charge in [0.1, 0.15) is 5.69 Å². The monoisotopic (exact) mass is 302 g/mol. The largest absolute Gasteiger partial charge is 0.477 e. The van der Waals surface area contributed by atoms with Crippen molar-refractivity contribution in [3.8, 4) is 0 Å². The van der Waals surface area contributed by atoms with Crippen LogP contribution < -0.4 is 0 Å². The van der Waals surface area contributed by atoms with Gasteiger partial charge in [0, 0.05) is 23.8 Å². The Balaban J connectivity index is 2.90. The van der Waals surface area contributed by atoms with Crippen molar-refractivity contribution in [2.75, 3.05) is 20.6 Å². The van der Waals surface area contributed by atoms with Crippen molar-refractivity contribution in [1.82, 2.24) is 9.47 Å². The lowest BCUT2D eigenvalue weighted by molar-refractivity contribution is 0.0681. The standard InChI is InChI=1S/C12H19BrN2O2/c1-12(2,7-14(3)4)8-15-6-9(13)5-10(15)11(16)17/h5-6H,7-8H2,1-4H3,(H,16,17). The molecule has 0 aliphatic carbocycles. The van der Waals surface area contributed by atoms with E-state index in [2.05, 4.69) is 34.7 Å². The van der Waals surface area contributed by atoms with Gasteiger partial charge in [0.15, 0.2) is 0 Å². The minimum absolute atomic E-state index is 0.0200. The van der Waals surface area contributed by atoms with Crippen LogP contribution in [0.5, 0.6) is 0 Å². The number of carboxylic acids is 1. The molecule has 0 aliphatic heterocycles. The fourth-order valence-electron chi connectivity index (χ4n) is 2.15. The van der Waals surface area contributed by atoms with E-state index in [1.807, 2.05) is 20.3 Å². The van der Waals surface area contributed by atoms with Crippen LogP contribution in [0.25, 0.3) is 0 Å². The van der Waals surface area contributed by atoms with Gasteiger partial charge in [-0.25, -0.2) is 4.79 Å². The molecule has 4 nitrogen and oxygen atoms in total. The molecule has 0 unspecified atom stereocenters. The summed E-state index contributed by atoms with van der Waals surface area (Å²) in [6, 6.07) is 1.63. The van der Waals surface area contributed by atoms with E-state index >= 15 is 0 Å². The van der Waals surface area contributed by atoms with Crippen molar-refractivity contribution < 1.29 is 9.90 Å². The lowest BCUT2D eigenvalue weighted by atomic mass is 9.93. The number of aromatic nitrogens is 1. The molecule has 0 spiro atoms. The van der Waals surface area contributed by atoms with Crippen LogP contribution >= 0.6 is 15.9 Å². The summed E-state index contributed by atoms with van der Waals surface area (Å²) < 4.78 is 2.59. The third-order valence-electron chi connectivity index (χ3n) is 2.42. The maximum atomic E-state index is 11.1. The van der Waals surface area contributed by atoms with Crippen LogP contribution in [0.3, 0.4) is 0 Å². The SMILES string of the molecule is CN(C)CC(C)(C)Cn1cc(Br)cc1C(=O)O. The van der Waals surface area contributed by atoms with E-state index in [0.717, 1.165) is 11.0 Å². The minimum Gasteiger partial charge on any atom is -0.477 e. The predicted octanol–water partition coefficient (Wildman–Crippen LogP) is 2.54. The molecule has 1 rings (SSSR count). The average Bonchev–Trinajstić information content (AvgIpc) is 2.42. The van der Waals surface area contributed by atoms with Crippen LogP contribution in [0.1, 0.15) is 24.3 Å². The number of hydrogen-bond acceptors (Lipinski definition) is 2. The zero-order valence-electron chi connectivity index (χ0n) is 10.7. The topological polar surface area (TPSA) is 45.5 Å². The van der Waals surface area contributed by atoms with Crippen molar-refractivity contribution >= 4 is 21.9 Å². The Kier molecular flexibility index (Phi) is 4.38. The molecule has 5 heteroatoms. The first-order chi connectivity index (χ1) is 7.71. The normalized spacial score (nSPS) is 12.1. The second kappa shape index (κ2) is 5.23. The number of hydrogen-bond donors (Lipinski definition) is 1. The van der Waals surface area contributed by atoms with Crippen molar-refractivity contribution in [3.05, 3.63) is 22.4 Å². The summed E-state index contributed by atoms with van der Waals surface area (Å²) in [7, 11) is 4.04. The highest BCUT2D eigenvalue weighted by atomic mass is 79.9. The van der Waals surface area contributed by atoms with Gasteiger partial charge in [0.05, 0.1) is 0 Å². The molecule has 1 aromatic heterocycles. The molecule has 0 radical (unpaired) electrons. The Hall–Kier alpha value is -0.810. The molecule has 17 heavy (non-hydrogen) atoms. The predicted molar refractivity (Wildman–Crippen MR) is 71.4 cm³/mol. The van der Waals surface area contributed by atoms with Crippen LogP contribution in [0.15, 0.2) is 16.7 Å².